The summed E-state index contributed by atoms with van der Waals surface area (Å²) in [6.07, 6.45) is 0. The number of hydrogen-bond acceptors (Lipinski definition) is 4. The first-order chi connectivity index (χ1) is 8.76. The molecule has 19 heavy (non-hydrogen) atoms. The SMILES string of the molecule is CCOc1cc([C@H](N)c2cccs2)ccc1OC.Cl. The van der Waals surface area contributed by atoms with Crippen LogP contribution in [0, 0.1) is 0 Å². The lowest BCUT2D eigenvalue weighted by Crippen LogP contribution is -2.10. The predicted molar refractivity (Wildman–Crippen MR) is 81.8 cm³/mol. The van der Waals surface area contributed by atoms with Gasteiger partial charge in [0.15, 0.2) is 11.5 Å². The van der Waals surface area contributed by atoms with Crippen molar-refractivity contribution in [3.63, 3.8) is 0 Å². The third-order valence-electron chi connectivity index (χ3n) is 2.70. The molecule has 0 aliphatic rings. The average Bonchev–Trinajstić information content (AvgIpc) is 2.92. The molecule has 0 fully saturated rings. The predicted octanol–water partition coefficient (Wildman–Crippen LogP) is 3.63. The Hall–Kier alpha value is -1.23. The first-order valence-electron chi connectivity index (χ1n) is 5.86. The van der Waals surface area contributed by atoms with Gasteiger partial charge in [0.05, 0.1) is 19.8 Å². The van der Waals surface area contributed by atoms with E-state index in [0.717, 1.165) is 21.9 Å². The van der Waals surface area contributed by atoms with Crippen molar-refractivity contribution in [1.82, 2.24) is 0 Å². The van der Waals surface area contributed by atoms with Crippen LogP contribution in [-0.2, 0) is 0 Å². The second-order valence-corrected chi connectivity index (χ2v) is 4.82. The minimum atomic E-state index is -0.116. The highest BCUT2D eigenvalue weighted by atomic mass is 35.5. The summed E-state index contributed by atoms with van der Waals surface area (Å²) in [6, 6.07) is 9.76. The number of halogens is 1. The minimum Gasteiger partial charge on any atom is -0.493 e. The molecule has 0 aliphatic heterocycles. The summed E-state index contributed by atoms with van der Waals surface area (Å²) < 4.78 is 10.8. The second kappa shape index (κ2) is 7.38. The molecule has 0 aliphatic carbocycles. The number of hydrogen-bond donors (Lipinski definition) is 1. The number of ether oxygens (including phenoxy) is 2. The van der Waals surface area contributed by atoms with Gasteiger partial charge in [0.2, 0.25) is 0 Å². The standard InChI is InChI=1S/C14H17NO2S.ClH/c1-3-17-12-9-10(6-7-11(12)16-2)14(15)13-5-4-8-18-13;/h4-9,14H,3,15H2,1-2H3;1H/t14-;/m0./s1. The summed E-state index contributed by atoms with van der Waals surface area (Å²) in [5.74, 6) is 1.48. The normalized spacial score (nSPS) is 11.5. The zero-order chi connectivity index (χ0) is 13.0. The number of rotatable bonds is 5. The van der Waals surface area contributed by atoms with E-state index in [1.54, 1.807) is 18.4 Å². The highest BCUT2D eigenvalue weighted by molar-refractivity contribution is 7.10. The molecular weight excluding hydrogens is 282 g/mol. The van der Waals surface area contributed by atoms with Gasteiger partial charge in [-0.2, -0.15) is 0 Å². The van der Waals surface area contributed by atoms with Gasteiger partial charge in [-0.3, -0.25) is 0 Å². The van der Waals surface area contributed by atoms with Crippen molar-refractivity contribution < 1.29 is 9.47 Å². The Bertz CT molecular complexity index is 502. The molecule has 0 saturated heterocycles. The molecule has 0 saturated carbocycles. The fraction of sp³-hybridized carbons (Fsp3) is 0.286. The summed E-state index contributed by atoms with van der Waals surface area (Å²) in [5.41, 5.74) is 7.26. The van der Waals surface area contributed by atoms with Crippen LogP contribution in [0.3, 0.4) is 0 Å². The molecule has 2 rings (SSSR count). The van der Waals surface area contributed by atoms with E-state index < -0.39 is 0 Å². The number of methoxy groups -OCH3 is 1. The molecule has 1 aromatic heterocycles. The largest absolute Gasteiger partial charge is 0.493 e. The molecule has 2 aromatic rings. The lowest BCUT2D eigenvalue weighted by Gasteiger charge is -2.14. The van der Waals surface area contributed by atoms with Gasteiger partial charge < -0.3 is 15.2 Å². The Morgan fingerprint density at radius 1 is 1.26 bits per heavy atom. The van der Waals surface area contributed by atoms with Crippen LogP contribution in [0.1, 0.15) is 23.4 Å². The van der Waals surface area contributed by atoms with Crippen LogP contribution in [-0.4, -0.2) is 13.7 Å². The van der Waals surface area contributed by atoms with Crippen LogP contribution >= 0.6 is 23.7 Å². The highest BCUT2D eigenvalue weighted by Gasteiger charge is 2.13. The van der Waals surface area contributed by atoms with Crippen LogP contribution in [0.5, 0.6) is 11.5 Å². The van der Waals surface area contributed by atoms with Crippen LogP contribution in [0.25, 0.3) is 0 Å². The maximum absolute atomic E-state index is 6.23. The van der Waals surface area contributed by atoms with Gasteiger partial charge in [-0.25, -0.2) is 0 Å². The Kier molecular flexibility index (Phi) is 6.15. The molecule has 0 unspecified atom stereocenters. The Morgan fingerprint density at radius 2 is 2.05 bits per heavy atom. The van der Waals surface area contributed by atoms with E-state index in [-0.39, 0.29) is 18.4 Å². The summed E-state index contributed by atoms with van der Waals surface area (Å²) in [5, 5.41) is 2.03. The van der Waals surface area contributed by atoms with E-state index in [1.165, 1.54) is 0 Å². The van der Waals surface area contributed by atoms with Crippen LogP contribution in [0.4, 0.5) is 0 Å². The van der Waals surface area contributed by atoms with Gasteiger partial charge in [0.1, 0.15) is 0 Å². The fourth-order valence-electron chi connectivity index (χ4n) is 1.79. The molecule has 0 spiro atoms. The lowest BCUT2D eigenvalue weighted by atomic mass is 10.1. The van der Waals surface area contributed by atoms with Crippen molar-refractivity contribution in [2.24, 2.45) is 5.73 Å². The van der Waals surface area contributed by atoms with Gasteiger partial charge in [-0.05, 0) is 36.1 Å². The van der Waals surface area contributed by atoms with Crippen LogP contribution in [0.2, 0.25) is 0 Å². The van der Waals surface area contributed by atoms with Crippen molar-refractivity contribution in [2.45, 2.75) is 13.0 Å². The zero-order valence-electron chi connectivity index (χ0n) is 11.0. The molecule has 0 amide bonds. The van der Waals surface area contributed by atoms with Gasteiger partial charge in [-0.15, -0.1) is 23.7 Å². The van der Waals surface area contributed by atoms with Crippen LogP contribution in [0.15, 0.2) is 35.7 Å². The molecule has 0 radical (unpaired) electrons. The molecule has 104 valence electrons. The molecular formula is C14H18ClNO2S. The highest BCUT2D eigenvalue weighted by Crippen LogP contribution is 2.32. The Balaban J connectivity index is 0.00000180. The third kappa shape index (κ3) is 3.62. The maximum atomic E-state index is 6.23. The number of nitrogens with two attached hydrogens (primary N) is 1. The van der Waals surface area contributed by atoms with E-state index in [2.05, 4.69) is 0 Å². The quantitative estimate of drug-likeness (QED) is 0.917. The molecule has 2 N–H and O–H groups in total. The molecule has 3 nitrogen and oxygen atoms in total. The van der Waals surface area contributed by atoms with Gasteiger partial charge in [-0.1, -0.05) is 12.1 Å². The van der Waals surface area contributed by atoms with Crippen molar-refractivity contribution in [1.29, 1.82) is 0 Å². The fourth-order valence-corrected chi connectivity index (χ4v) is 2.54. The first-order valence-corrected chi connectivity index (χ1v) is 6.74. The second-order valence-electron chi connectivity index (χ2n) is 3.84. The number of thiophene rings is 1. The minimum absolute atomic E-state index is 0. The topological polar surface area (TPSA) is 44.5 Å². The van der Waals surface area contributed by atoms with E-state index in [9.17, 15) is 0 Å². The summed E-state index contributed by atoms with van der Waals surface area (Å²) in [6.45, 7) is 2.55. The van der Waals surface area contributed by atoms with Crippen molar-refractivity contribution in [2.75, 3.05) is 13.7 Å². The lowest BCUT2D eigenvalue weighted by molar-refractivity contribution is 0.310. The van der Waals surface area contributed by atoms with E-state index in [4.69, 9.17) is 15.2 Å². The number of benzene rings is 1. The van der Waals surface area contributed by atoms with E-state index in [1.807, 2.05) is 42.6 Å². The van der Waals surface area contributed by atoms with Gasteiger partial charge in [0.25, 0.3) is 0 Å². The van der Waals surface area contributed by atoms with Gasteiger partial charge >= 0.3 is 0 Å². The summed E-state index contributed by atoms with van der Waals surface area (Å²) >= 11 is 1.66. The van der Waals surface area contributed by atoms with E-state index in [0.29, 0.717) is 6.61 Å². The molecule has 1 aromatic carbocycles. The first kappa shape index (κ1) is 15.8. The summed E-state index contributed by atoms with van der Waals surface area (Å²) in [7, 11) is 1.64. The Morgan fingerprint density at radius 3 is 2.63 bits per heavy atom. The molecule has 1 atom stereocenters. The van der Waals surface area contributed by atoms with Crippen molar-refractivity contribution >= 4 is 23.7 Å². The van der Waals surface area contributed by atoms with Crippen LogP contribution < -0.4 is 15.2 Å². The average molecular weight is 300 g/mol. The zero-order valence-corrected chi connectivity index (χ0v) is 12.6. The smallest absolute Gasteiger partial charge is 0.161 e. The molecule has 1 heterocycles. The molecule has 0 bridgehead atoms. The molecule has 5 heteroatoms. The maximum Gasteiger partial charge on any atom is 0.161 e. The van der Waals surface area contributed by atoms with Crippen molar-refractivity contribution in [3.8, 4) is 11.5 Å². The van der Waals surface area contributed by atoms with Crippen molar-refractivity contribution in [3.05, 3.63) is 46.2 Å². The van der Waals surface area contributed by atoms with E-state index >= 15 is 0 Å². The van der Waals surface area contributed by atoms with Gasteiger partial charge in [0, 0.05) is 4.88 Å². The monoisotopic (exact) mass is 299 g/mol. The Labute approximate surface area is 123 Å². The summed E-state index contributed by atoms with van der Waals surface area (Å²) in [4.78, 5) is 1.14. The third-order valence-corrected chi connectivity index (χ3v) is 3.65.